The van der Waals surface area contributed by atoms with Crippen molar-refractivity contribution in [3.05, 3.63) is 65.7 Å². The zero-order chi connectivity index (χ0) is 14.5. The van der Waals surface area contributed by atoms with Gasteiger partial charge < -0.3 is 10.0 Å². The molecule has 2 aromatic rings. The summed E-state index contributed by atoms with van der Waals surface area (Å²) >= 11 is 0. The maximum Gasteiger partial charge on any atom is 0.323 e. The Morgan fingerprint density at radius 3 is 2.40 bits per heavy atom. The molecule has 0 bridgehead atoms. The topological polar surface area (TPSA) is 40.5 Å². The highest BCUT2D eigenvalue weighted by molar-refractivity contribution is 5.73. The molecule has 0 fully saturated rings. The Morgan fingerprint density at radius 1 is 1.05 bits per heavy atom. The molecule has 0 atom stereocenters. The largest absolute Gasteiger partial charge is 0.480 e. The minimum absolute atomic E-state index is 0.0140. The molecule has 0 aliphatic carbocycles. The van der Waals surface area contributed by atoms with Gasteiger partial charge in [-0.15, -0.1) is 0 Å². The van der Waals surface area contributed by atoms with Crippen LogP contribution in [0.15, 0.2) is 48.5 Å². The van der Waals surface area contributed by atoms with E-state index in [9.17, 15) is 13.6 Å². The Labute approximate surface area is 115 Å². The van der Waals surface area contributed by atoms with Crippen molar-refractivity contribution < 1.29 is 18.7 Å². The first-order valence-electron chi connectivity index (χ1n) is 6.02. The van der Waals surface area contributed by atoms with Gasteiger partial charge in [0, 0.05) is 17.8 Å². The SMILES string of the molecule is O=C(O)CN(Cc1cccc(F)c1F)c1ccccc1. The third-order valence-corrected chi connectivity index (χ3v) is 2.84. The fourth-order valence-electron chi connectivity index (χ4n) is 1.92. The molecule has 0 radical (unpaired) electrons. The van der Waals surface area contributed by atoms with E-state index in [-0.39, 0.29) is 18.7 Å². The molecule has 0 heterocycles. The van der Waals surface area contributed by atoms with Crippen LogP contribution in [0.5, 0.6) is 0 Å². The maximum atomic E-state index is 13.7. The molecular weight excluding hydrogens is 264 g/mol. The Bertz CT molecular complexity index is 602. The van der Waals surface area contributed by atoms with Crippen LogP contribution in [-0.2, 0) is 11.3 Å². The number of nitrogens with zero attached hydrogens (tertiary/aromatic N) is 1. The van der Waals surface area contributed by atoms with Crippen LogP contribution in [0.4, 0.5) is 14.5 Å². The molecule has 2 aromatic carbocycles. The van der Waals surface area contributed by atoms with Crippen molar-refractivity contribution in [3.63, 3.8) is 0 Å². The number of carboxylic acid groups (broad SMARTS) is 1. The van der Waals surface area contributed by atoms with Crippen molar-refractivity contribution >= 4 is 11.7 Å². The lowest BCUT2D eigenvalue weighted by Crippen LogP contribution is -2.29. The van der Waals surface area contributed by atoms with Gasteiger partial charge in [0.2, 0.25) is 0 Å². The number of para-hydroxylation sites is 1. The van der Waals surface area contributed by atoms with Crippen LogP contribution in [0.1, 0.15) is 5.56 Å². The molecule has 0 amide bonds. The van der Waals surface area contributed by atoms with Crippen LogP contribution in [0.25, 0.3) is 0 Å². The molecular formula is C15H13F2NO2. The second kappa shape index (κ2) is 6.14. The van der Waals surface area contributed by atoms with E-state index in [4.69, 9.17) is 5.11 Å². The summed E-state index contributed by atoms with van der Waals surface area (Å²) in [7, 11) is 0. The average Bonchev–Trinajstić information content (AvgIpc) is 2.43. The Hall–Kier alpha value is -2.43. The highest BCUT2D eigenvalue weighted by Crippen LogP contribution is 2.19. The van der Waals surface area contributed by atoms with Gasteiger partial charge in [0.1, 0.15) is 6.54 Å². The number of carbonyl (C=O) groups is 1. The van der Waals surface area contributed by atoms with E-state index in [1.807, 2.05) is 0 Å². The summed E-state index contributed by atoms with van der Waals surface area (Å²) in [5.41, 5.74) is 0.758. The Kier molecular flexibility index (Phi) is 4.30. The molecule has 104 valence electrons. The van der Waals surface area contributed by atoms with Crippen molar-refractivity contribution in [1.29, 1.82) is 0 Å². The van der Waals surface area contributed by atoms with Crippen LogP contribution < -0.4 is 4.90 Å². The number of carboxylic acids is 1. The van der Waals surface area contributed by atoms with Crippen LogP contribution in [0, 0.1) is 11.6 Å². The monoisotopic (exact) mass is 277 g/mol. The van der Waals surface area contributed by atoms with Crippen molar-refractivity contribution in [3.8, 4) is 0 Å². The number of halogens is 2. The normalized spacial score (nSPS) is 10.3. The van der Waals surface area contributed by atoms with Crippen LogP contribution >= 0.6 is 0 Å². The van der Waals surface area contributed by atoms with Gasteiger partial charge in [-0.1, -0.05) is 30.3 Å². The molecule has 0 aromatic heterocycles. The van der Waals surface area contributed by atoms with Crippen molar-refractivity contribution in [2.45, 2.75) is 6.54 Å². The maximum absolute atomic E-state index is 13.7. The van der Waals surface area contributed by atoms with E-state index in [2.05, 4.69) is 0 Å². The first kappa shape index (κ1) is 14.0. The number of anilines is 1. The number of rotatable bonds is 5. The highest BCUT2D eigenvalue weighted by Gasteiger charge is 2.15. The standard InChI is InChI=1S/C15H13F2NO2/c16-13-8-4-5-11(15(13)17)9-18(10-14(19)20)12-6-2-1-3-7-12/h1-8H,9-10H2,(H,19,20). The molecule has 0 unspecified atom stereocenters. The van der Waals surface area contributed by atoms with Gasteiger partial charge in [0.15, 0.2) is 11.6 Å². The first-order chi connectivity index (χ1) is 9.58. The van der Waals surface area contributed by atoms with E-state index in [1.54, 1.807) is 30.3 Å². The number of hydrogen-bond donors (Lipinski definition) is 1. The Morgan fingerprint density at radius 2 is 1.75 bits per heavy atom. The molecule has 0 aliphatic rings. The van der Waals surface area contributed by atoms with Crippen LogP contribution in [0.3, 0.4) is 0 Å². The minimum Gasteiger partial charge on any atom is -0.480 e. The lowest BCUT2D eigenvalue weighted by molar-refractivity contribution is -0.135. The minimum atomic E-state index is -1.04. The predicted octanol–water partition coefficient (Wildman–Crippen LogP) is 3.06. The van der Waals surface area contributed by atoms with E-state index >= 15 is 0 Å². The summed E-state index contributed by atoms with van der Waals surface area (Å²) in [5.74, 6) is -2.92. The molecule has 5 heteroatoms. The second-order valence-electron chi connectivity index (χ2n) is 4.30. The summed E-state index contributed by atoms with van der Waals surface area (Å²) in [5, 5.41) is 8.94. The number of hydrogen-bond acceptors (Lipinski definition) is 2. The van der Waals surface area contributed by atoms with Gasteiger partial charge in [-0.05, 0) is 18.2 Å². The molecule has 1 N–H and O–H groups in total. The molecule has 20 heavy (non-hydrogen) atoms. The first-order valence-corrected chi connectivity index (χ1v) is 6.02. The zero-order valence-corrected chi connectivity index (χ0v) is 10.6. The fraction of sp³-hybridized carbons (Fsp3) is 0.133. The Balaban J connectivity index is 2.29. The van der Waals surface area contributed by atoms with E-state index < -0.39 is 17.6 Å². The lowest BCUT2D eigenvalue weighted by atomic mass is 10.1. The van der Waals surface area contributed by atoms with Gasteiger partial charge in [-0.25, -0.2) is 8.78 Å². The van der Waals surface area contributed by atoms with Crippen LogP contribution in [-0.4, -0.2) is 17.6 Å². The van der Waals surface area contributed by atoms with Gasteiger partial charge in [-0.2, -0.15) is 0 Å². The molecule has 2 rings (SSSR count). The third kappa shape index (κ3) is 3.32. The summed E-state index contributed by atoms with van der Waals surface area (Å²) in [6.07, 6.45) is 0. The quantitative estimate of drug-likeness (QED) is 0.913. The predicted molar refractivity (Wildman–Crippen MR) is 71.5 cm³/mol. The highest BCUT2D eigenvalue weighted by atomic mass is 19.2. The van der Waals surface area contributed by atoms with Crippen LogP contribution in [0.2, 0.25) is 0 Å². The van der Waals surface area contributed by atoms with Crippen molar-refractivity contribution in [2.75, 3.05) is 11.4 Å². The van der Waals surface area contributed by atoms with E-state index in [1.165, 1.54) is 17.0 Å². The summed E-state index contributed by atoms with van der Waals surface area (Å²) in [6.45, 7) is -0.306. The van der Waals surface area contributed by atoms with Gasteiger partial charge >= 0.3 is 5.97 Å². The lowest BCUT2D eigenvalue weighted by Gasteiger charge is -2.23. The van der Waals surface area contributed by atoms with E-state index in [0.29, 0.717) is 5.69 Å². The van der Waals surface area contributed by atoms with Crippen molar-refractivity contribution in [1.82, 2.24) is 0 Å². The fourth-order valence-corrected chi connectivity index (χ4v) is 1.92. The summed E-state index contributed by atoms with van der Waals surface area (Å²) < 4.78 is 26.9. The molecule has 0 aliphatic heterocycles. The molecule has 0 spiro atoms. The van der Waals surface area contributed by atoms with Gasteiger partial charge in [-0.3, -0.25) is 4.79 Å². The smallest absolute Gasteiger partial charge is 0.323 e. The number of aliphatic carboxylic acids is 1. The van der Waals surface area contributed by atoms with E-state index in [0.717, 1.165) is 6.07 Å². The summed E-state index contributed by atoms with van der Waals surface area (Å²) in [6, 6.07) is 12.6. The summed E-state index contributed by atoms with van der Waals surface area (Å²) in [4.78, 5) is 12.4. The average molecular weight is 277 g/mol. The van der Waals surface area contributed by atoms with Gasteiger partial charge in [0.25, 0.3) is 0 Å². The molecule has 0 saturated carbocycles. The number of benzene rings is 2. The second-order valence-corrected chi connectivity index (χ2v) is 4.30. The molecule has 3 nitrogen and oxygen atoms in total. The molecule has 0 saturated heterocycles. The zero-order valence-electron chi connectivity index (χ0n) is 10.6. The van der Waals surface area contributed by atoms with Gasteiger partial charge in [0.05, 0.1) is 0 Å². The third-order valence-electron chi connectivity index (χ3n) is 2.84. The van der Waals surface area contributed by atoms with Crippen molar-refractivity contribution in [2.24, 2.45) is 0 Å².